The lowest BCUT2D eigenvalue weighted by molar-refractivity contribution is -0.121. The molecular formula is C17H18N4O2. The number of nitrogens with zero attached hydrogens (tertiary/aromatic N) is 3. The quantitative estimate of drug-likeness (QED) is 0.920. The number of hydrogen-bond acceptors (Lipinski definition) is 4. The molecule has 3 rings (SSSR count). The minimum atomic E-state index is -0.0840. The van der Waals surface area contributed by atoms with E-state index in [4.69, 9.17) is 10.00 Å². The average molecular weight is 310 g/mol. The van der Waals surface area contributed by atoms with E-state index in [-0.39, 0.29) is 12.5 Å². The van der Waals surface area contributed by atoms with Crippen molar-refractivity contribution in [3.63, 3.8) is 0 Å². The average Bonchev–Trinajstić information content (AvgIpc) is 3.35. The summed E-state index contributed by atoms with van der Waals surface area (Å²) >= 11 is 0. The molecule has 0 aliphatic heterocycles. The highest BCUT2D eigenvalue weighted by molar-refractivity contribution is 5.75. The molecule has 0 radical (unpaired) electrons. The Morgan fingerprint density at radius 2 is 2.13 bits per heavy atom. The summed E-state index contributed by atoms with van der Waals surface area (Å²) in [5.41, 5.74) is 2.34. The molecule has 1 heterocycles. The maximum absolute atomic E-state index is 11.7. The SMILES string of the molecule is CNC(=O)Cn1nc(C)c(Oc2ccc(C#N)cc2)c1C1CC1. The van der Waals surface area contributed by atoms with Crippen LogP contribution in [0.25, 0.3) is 0 Å². The minimum absolute atomic E-state index is 0.0840. The lowest BCUT2D eigenvalue weighted by Gasteiger charge is -2.09. The highest BCUT2D eigenvalue weighted by Crippen LogP contribution is 2.46. The number of nitrogens with one attached hydrogen (secondary N) is 1. The van der Waals surface area contributed by atoms with E-state index in [9.17, 15) is 4.79 Å². The van der Waals surface area contributed by atoms with Gasteiger partial charge in [-0.05, 0) is 44.0 Å². The zero-order valence-electron chi connectivity index (χ0n) is 13.2. The highest BCUT2D eigenvalue weighted by Gasteiger charge is 2.33. The first-order valence-electron chi connectivity index (χ1n) is 7.58. The van der Waals surface area contributed by atoms with Crippen LogP contribution in [0.4, 0.5) is 0 Å². The second-order valence-corrected chi connectivity index (χ2v) is 5.64. The van der Waals surface area contributed by atoms with Gasteiger partial charge in [0.05, 0.1) is 17.3 Å². The van der Waals surface area contributed by atoms with Crippen LogP contribution in [-0.4, -0.2) is 22.7 Å². The van der Waals surface area contributed by atoms with Gasteiger partial charge in [0.2, 0.25) is 5.91 Å². The van der Waals surface area contributed by atoms with E-state index in [0.29, 0.717) is 17.2 Å². The predicted octanol–water partition coefficient (Wildman–Crippen LogP) is 2.48. The van der Waals surface area contributed by atoms with Gasteiger partial charge in [0.15, 0.2) is 5.75 Å². The summed E-state index contributed by atoms with van der Waals surface area (Å²) in [7, 11) is 1.61. The number of ether oxygens (including phenoxy) is 1. The number of benzene rings is 1. The summed E-state index contributed by atoms with van der Waals surface area (Å²) in [5.74, 6) is 1.70. The summed E-state index contributed by atoms with van der Waals surface area (Å²) in [4.78, 5) is 11.7. The molecule has 1 fully saturated rings. The Bertz CT molecular complexity index is 767. The van der Waals surface area contributed by atoms with Gasteiger partial charge in [-0.15, -0.1) is 0 Å². The minimum Gasteiger partial charge on any atom is -0.453 e. The second kappa shape index (κ2) is 6.13. The number of likely N-dealkylation sites (N-methyl/N-ethyl adjacent to an activating group) is 1. The van der Waals surface area contributed by atoms with Crippen LogP contribution in [0.5, 0.6) is 11.5 Å². The van der Waals surface area contributed by atoms with Crippen molar-refractivity contribution in [2.75, 3.05) is 7.05 Å². The fourth-order valence-electron chi connectivity index (χ4n) is 2.51. The van der Waals surface area contributed by atoms with Crippen LogP contribution in [0, 0.1) is 18.3 Å². The van der Waals surface area contributed by atoms with Gasteiger partial charge in [-0.1, -0.05) is 0 Å². The van der Waals surface area contributed by atoms with E-state index in [1.807, 2.05) is 6.92 Å². The molecule has 0 unspecified atom stereocenters. The molecule has 1 aliphatic carbocycles. The molecule has 6 nitrogen and oxygen atoms in total. The number of carbonyl (C=O) groups excluding carboxylic acids is 1. The van der Waals surface area contributed by atoms with Crippen molar-refractivity contribution in [3.8, 4) is 17.6 Å². The van der Waals surface area contributed by atoms with E-state index in [0.717, 1.165) is 30.0 Å². The molecule has 0 atom stereocenters. The van der Waals surface area contributed by atoms with E-state index in [1.54, 1.807) is 36.0 Å². The van der Waals surface area contributed by atoms with Crippen LogP contribution < -0.4 is 10.1 Å². The molecule has 1 aliphatic rings. The van der Waals surface area contributed by atoms with E-state index >= 15 is 0 Å². The van der Waals surface area contributed by atoms with Crippen LogP contribution in [-0.2, 0) is 11.3 Å². The standard InChI is InChI=1S/C17H18N4O2/c1-11-17(23-14-7-3-12(9-18)4-8-14)16(13-5-6-13)21(20-11)10-15(22)19-2/h3-4,7-8,13H,5-6,10H2,1-2H3,(H,19,22). The van der Waals surface area contributed by atoms with Crippen molar-refractivity contribution in [3.05, 3.63) is 41.2 Å². The van der Waals surface area contributed by atoms with Gasteiger partial charge in [0, 0.05) is 13.0 Å². The summed E-state index contributed by atoms with van der Waals surface area (Å²) in [6, 6.07) is 9.06. The molecule has 118 valence electrons. The second-order valence-electron chi connectivity index (χ2n) is 5.64. The monoisotopic (exact) mass is 310 g/mol. The fourth-order valence-corrected chi connectivity index (χ4v) is 2.51. The zero-order valence-corrected chi connectivity index (χ0v) is 13.2. The molecule has 0 saturated heterocycles. The summed E-state index contributed by atoms with van der Waals surface area (Å²) in [6.07, 6.45) is 2.17. The maximum atomic E-state index is 11.7. The van der Waals surface area contributed by atoms with E-state index < -0.39 is 0 Å². The summed E-state index contributed by atoms with van der Waals surface area (Å²) < 4.78 is 7.75. The van der Waals surface area contributed by atoms with Crippen LogP contribution in [0.1, 0.15) is 35.7 Å². The van der Waals surface area contributed by atoms with Gasteiger partial charge in [0.1, 0.15) is 18.0 Å². The molecule has 1 saturated carbocycles. The molecule has 0 spiro atoms. The topological polar surface area (TPSA) is 79.9 Å². The third-order valence-corrected chi connectivity index (χ3v) is 3.85. The molecule has 1 aromatic heterocycles. The van der Waals surface area contributed by atoms with Crippen molar-refractivity contribution in [1.29, 1.82) is 5.26 Å². The predicted molar refractivity (Wildman–Crippen MR) is 84.2 cm³/mol. The molecule has 6 heteroatoms. The highest BCUT2D eigenvalue weighted by atomic mass is 16.5. The number of rotatable bonds is 5. The van der Waals surface area contributed by atoms with Gasteiger partial charge < -0.3 is 10.1 Å². The van der Waals surface area contributed by atoms with Crippen molar-refractivity contribution in [1.82, 2.24) is 15.1 Å². The zero-order chi connectivity index (χ0) is 16.4. The fraction of sp³-hybridized carbons (Fsp3) is 0.353. The van der Waals surface area contributed by atoms with Crippen LogP contribution in [0.2, 0.25) is 0 Å². The Morgan fingerprint density at radius 1 is 1.43 bits per heavy atom. The molecule has 0 bridgehead atoms. The van der Waals surface area contributed by atoms with Gasteiger partial charge in [-0.2, -0.15) is 10.4 Å². The largest absolute Gasteiger partial charge is 0.453 e. The van der Waals surface area contributed by atoms with Crippen molar-refractivity contribution in [2.45, 2.75) is 32.2 Å². The van der Waals surface area contributed by atoms with Crippen molar-refractivity contribution >= 4 is 5.91 Å². The van der Waals surface area contributed by atoms with Gasteiger partial charge in [-0.25, -0.2) is 0 Å². The van der Waals surface area contributed by atoms with Crippen molar-refractivity contribution < 1.29 is 9.53 Å². The Kier molecular flexibility index (Phi) is 4.02. The first-order valence-corrected chi connectivity index (χ1v) is 7.58. The summed E-state index contributed by atoms with van der Waals surface area (Å²) in [5, 5.41) is 15.9. The molecule has 2 aromatic rings. The Morgan fingerprint density at radius 3 is 2.70 bits per heavy atom. The Hall–Kier alpha value is -2.81. The molecule has 1 amide bonds. The Labute approximate surface area is 134 Å². The molecule has 23 heavy (non-hydrogen) atoms. The lowest BCUT2D eigenvalue weighted by atomic mass is 10.2. The maximum Gasteiger partial charge on any atom is 0.241 e. The van der Waals surface area contributed by atoms with E-state index in [2.05, 4.69) is 16.5 Å². The van der Waals surface area contributed by atoms with Gasteiger partial charge in [0.25, 0.3) is 0 Å². The molecule has 1 aromatic carbocycles. The van der Waals surface area contributed by atoms with Gasteiger partial charge in [-0.3, -0.25) is 9.48 Å². The third kappa shape index (κ3) is 3.19. The summed E-state index contributed by atoms with van der Waals surface area (Å²) in [6.45, 7) is 2.07. The number of hydrogen-bond donors (Lipinski definition) is 1. The number of amides is 1. The first-order chi connectivity index (χ1) is 11.1. The number of aromatic nitrogens is 2. The van der Waals surface area contributed by atoms with Crippen molar-refractivity contribution in [2.24, 2.45) is 0 Å². The van der Waals surface area contributed by atoms with Gasteiger partial charge >= 0.3 is 0 Å². The number of nitriles is 1. The molecule has 1 N–H and O–H groups in total. The smallest absolute Gasteiger partial charge is 0.241 e. The van der Waals surface area contributed by atoms with Crippen LogP contribution in [0.3, 0.4) is 0 Å². The lowest BCUT2D eigenvalue weighted by Crippen LogP contribution is -2.25. The third-order valence-electron chi connectivity index (χ3n) is 3.85. The first kappa shape index (κ1) is 15.1. The van der Waals surface area contributed by atoms with E-state index in [1.165, 1.54) is 0 Å². The van der Waals surface area contributed by atoms with Crippen LogP contribution in [0.15, 0.2) is 24.3 Å². The molecular weight excluding hydrogens is 292 g/mol. The van der Waals surface area contributed by atoms with Crippen LogP contribution >= 0.6 is 0 Å². The number of carbonyl (C=O) groups is 1. The number of aryl methyl sites for hydroxylation is 1. The normalized spacial score (nSPS) is 13.4. The Balaban J connectivity index is 1.91.